The van der Waals surface area contributed by atoms with Gasteiger partial charge in [-0.2, -0.15) is 0 Å². The molecule has 98 valence electrons. The first-order chi connectivity index (χ1) is 9.09. The molecule has 0 aliphatic heterocycles. The van der Waals surface area contributed by atoms with E-state index in [4.69, 9.17) is 11.5 Å². The normalized spacial score (nSPS) is 11.3. The molecule has 0 bridgehead atoms. The SMILES string of the molecule is NC(=NOC(=O)c1ccccc1F)c1no[nH+]c1N. The molecular weight excluding hydrogens is 257 g/mol. The number of aromatic nitrogens is 2. The predicted octanol–water partition coefficient (Wildman–Crippen LogP) is -0.313. The Bertz CT molecular complexity index is 640. The molecule has 1 aromatic heterocycles. The molecule has 0 saturated heterocycles. The Hall–Kier alpha value is -2.97. The number of nitrogens with two attached hydrogens (primary N) is 2. The van der Waals surface area contributed by atoms with Crippen LogP contribution in [0.3, 0.4) is 0 Å². The Balaban J connectivity index is 2.13. The van der Waals surface area contributed by atoms with Crippen LogP contribution in [0.1, 0.15) is 16.1 Å². The van der Waals surface area contributed by atoms with Gasteiger partial charge in [0, 0.05) is 0 Å². The third-order valence-corrected chi connectivity index (χ3v) is 2.11. The van der Waals surface area contributed by atoms with Gasteiger partial charge in [-0.05, 0) is 12.1 Å². The highest BCUT2D eigenvalue weighted by Gasteiger charge is 2.19. The van der Waals surface area contributed by atoms with Gasteiger partial charge in [0.2, 0.25) is 5.84 Å². The topological polar surface area (TPSA) is 131 Å². The fraction of sp³-hybridized carbons (Fsp3) is 0. The van der Waals surface area contributed by atoms with Gasteiger partial charge in [0.05, 0.1) is 10.7 Å². The van der Waals surface area contributed by atoms with Crippen LogP contribution < -0.4 is 16.6 Å². The molecule has 0 aliphatic rings. The molecule has 0 atom stereocenters. The summed E-state index contributed by atoms with van der Waals surface area (Å²) < 4.78 is 17.7. The molecule has 8 nitrogen and oxygen atoms in total. The largest absolute Gasteiger partial charge is 0.378 e. The second-order valence-corrected chi connectivity index (χ2v) is 3.38. The van der Waals surface area contributed by atoms with E-state index in [0.29, 0.717) is 0 Å². The molecule has 5 N–H and O–H groups in total. The maximum Gasteiger partial charge on any atom is 0.368 e. The summed E-state index contributed by atoms with van der Waals surface area (Å²) >= 11 is 0. The van der Waals surface area contributed by atoms with Crippen LogP contribution in [0.4, 0.5) is 10.2 Å². The van der Waals surface area contributed by atoms with E-state index in [2.05, 4.69) is 24.9 Å². The molecule has 0 fully saturated rings. The minimum atomic E-state index is -0.993. The van der Waals surface area contributed by atoms with E-state index in [0.717, 1.165) is 6.07 Å². The van der Waals surface area contributed by atoms with Crippen molar-refractivity contribution in [1.29, 1.82) is 0 Å². The Kier molecular flexibility index (Phi) is 3.37. The van der Waals surface area contributed by atoms with Crippen molar-refractivity contribution in [3.8, 4) is 0 Å². The fourth-order valence-electron chi connectivity index (χ4n) is 1.21. The summed E-state index contributed by atoms with van der Waals surface area (Å²) in [6, 6.07) is 5.29. The number of nitrogens with zero attached hydrogens (tertiary/aromatic N) is 2. The highest BCUT2D eigenvalue weighted by molar-refractivity contribution is 5.99. The van der Waals surface area contributed by atoms with Crippen LogP contribution in [-0.2, 0) is 4.84 Å². The Morgan fingerprint density at radius 1 is 1.47 bits per heavy atom. The number of carbonyl (C=O) groups is 1. The van der Waals surface area contributed by atoms with Crippen LogP contribution in [-0.4, -0.2) is 17.0 Å². The average molecular weight is 266 g/mol. The number of H-pyrrole nitrogens is 1. The van der Waals surface area contributed by atoms with Crippen LogP contribution in [0.25, 0.3) is 0 Å². The van der Waals surface area contributed by atoms with E-state index in [1.807, 2.05) is 0 Å². The monoisotopic (exact) mass is 266 g/mol. The quantitative estimate of drug-likeness (QED) is 0.339. The number of anilines is 1. The van der Waals surface area contributed by atoms with Crippen molar-refractivity contribution in [3.05, 3.63) is 41.3 Å². The number of rotatable bonds is 3. The smallest absolute Gasteiger partial charge is 0.368 e. The molecule has 2 rings (SSSR count). The van der Waals surface area contributed by atoms with Crippen molar-refractivity contribution >= 4 is 17.6 Å². The zero-order valence-electron chi connectivity index (χ0n) is 9.46. The Labute approximate surface area is 105 Å². The van der Waals surface area contributed by atoms with E-state index < -0.39 is 11.8 Å². The maximum atomic E-state index is 13.3. The van der Waals surface area contributed by atoms with Crippen LogP contribution in [0, 0.1) is 5.82 Å². The van der Waals surface area contributed by atoms with Gasteiger partial charge in [-0.3, -0.25) is 0 Å². The molecule has 0 saturated carbocycles. The van der Waals surface area contributed by atoms with Crippen LogP contribution >= 0.6 is 0 Å². The number of oxime groups is 1. The zero-order chi connectivity index (χ0) is 13.8. The summed E-state index contributed by atoms with van der Waals surface area (Å²) in [6.07, 6.45) is 0. The molecule has 0 spiro atoms. The van der Waals surface area contributed by atoms with Crippen LogP contribution in [0.2, 0.25) is 0 Å². The van der Waals surface area contributed by atoms with Gasteiger partial charge in [-0.1, -0.05) is 22.4 Å². The molecule has 1 aromatic carbocycles. The fourth-order valence-corrected chi connectivity index (χ4v) is 1.21. The molecule has 0 amide bonds. The number of aromatic amines is 1. The highest BCUT2D eigenvalue weighted by Crippen LogP contribution is 2.08. The van der Waals surface area contributed by atoms with E-state index in [1.165, 1.54) is 18.2 Å². The van der Waals surface area contributed by atoms with Gasteiger partial charge in [-0.15, -0.1) is 4.63 Å². The van der Waals surface area contributed by atoms with E-state index >= 15 is 0 Å². The summed E-state index contributed by atoms with van der Waals surface area (Å²) in [4.78, 5) is 16.0. The van der Waals surface area contributed by atoms with Crippen molar-refractivity contribution in [3.63, 3.8) is 0 Å². The summed E-state index contributed by atoms with van der Waals surface area (Å²) in [6.45, 7) is 0. The standard InChI is InChI=1S/C10H8FN5O3/c11-6-4-2-1-3-5(6)10(17)18-15-8(12)7-9(13)16-19-14-7/h1-4H,(H2,12,15)(H2,13,16)/p+1. The Morgan fingerprint density at radius 3 is 2.84 bits per heavy atom. The third kappa shape index (κ3) is 2.65. The number of nitrogens with one attached hydrogen (secondary N) is 1. The van der Waals surface area contributed by atoms with Crippen LogP contribution in [0.15, 0.2) is 34.1 Å². The van der Waals surface area contributed by atoms with Gasteiger partial charge in [0.15, 0.2) is 0 Å². The molecule has 0 aliphatic carbocycles. The molecule has 19 heavy (non-hydrogen) atoms. The average Bonchev–Trinajstić information content (AvgIpc) is 2.82. The molecule has 0 unspecified atom stereocenters. The summed E-state index contributed by atoms with van der Waals surface area (Å²) in [5.41, 5.74) is 10.6. The molecular formula is C10H9FN5O3+. The van der Waals surface area contributed by atoms with Gasteiger partial charge < -0.3 is 16.3 Å². The maximum absolute atomic E-state index is 13.3. The summed E-state index contributed by atoms with van der Waals surface area (Å²) in [7, 11) is 0. The zero-order valence-corrected chi connectivity index (χ0v) is 9.46. The first-order valence-corrected chi connectivity index (χ1v) is 5.02. The van der Waals surface area contributed by atoms with Crippen molar-refractivity contribution in [2.24, 2.45) is 10.9 Å². The number of benzene rings is 1. The second-order valence-electron chi connectivity index (χ2n) is 3.38. The molecule has 1 heterocycles. The van der Waals surface area contributed by atoms with Crippen LogP contribution in [0.5, 0.6) is 0 Å². The van der Waals surface area contributed by atoms with E-state index in [9.17, 15) is 9.18 Å². The summed E-state index contributed by atoms with van der Waals surface area (Å²) in [5, 5.41) is 8.92. The lowest BCUT2D eigenvalue weighted by Crippen LogP contribution is -2.19. The lowest BCUT2D eigenvalue weighted by molar-refractivity contribution is -0.610. The van der Waals surface area contributed by atoms with Gasteiger partial charge >= 0.3 is 17.5 Å². The summed E-state index contributed by atoms with van der Waals surface area (Å²) in [5.74, 6) is -1.99. The minimum Gasteiger partial charge on any atom is -0.378 e. The van der Waals surface area contributed by atoms with Gasteiger partial charge in [-0.25, -0.2) is 9.18 Å². The minimum absolute atomic E-state index is 0.0127. The predicted molar refractivity (Wildman–Crippen MR) is 60.0 cm³/mol. The number of halogens is 1. The van der Waals surface area contributed by atoms with Crippen molar-refractivity contribution < 1.29 is 23.8 Å². The van der Waals surface area contributed by atoms with Gasteiger partial charge in [0.1, 0.15) is 5.82 Å². The lowest BCUT2D eigenvalue weighted by atomic mass is 10.2. The van der Waals surface area contributed by atoms with Crippen molar-refractivity contribution in [2.45, 2.75) is 0 Å². The first-order valence-electron chi connectivity index (χ1n) is 5.02. The Morgan fingerprint density at radius 2 is 2.21 bits per heavy atom. The molecule has 0 radical (unpaired) electrons. The third-order valence-electron chi connectivity index (χ3n) is 2.11. The van der Waals surface area contributed by atoms with Crippen molar-refractivity contribution in [1.82, 2.24) is 5.16 Å². The molecule has 2 aromatic rings. The lowest BCUT2D eigenvalue weighted by Gasteiger charge is -1.99. The highest BCUT2D eigenvalue weighted by atomic mass is 19.1. The second kappa shape index (κ2) is 5.12. The molecule has 9 heteroatoms. The first kappa shape index (κ1) is 12.5. The number of hydrogen-bond donors (Lipinski definition) is 2. The number of hydrogen-bond acceptors (Lipinski definition) is 6. The number of carbonyl (C=O) groups excluding carboxylic acids is 1. The van der Waals surface area contributed by atoms with E-state index in [-0.39, 0.29) is 22.9 Å². The van der Waals surface area contributed by atoms with Crippen molar-refractivity contribution in [2.75, 3.05) is 5.73 Å². The van der Waals surface area contributed by atoms with Gasteiger partial charge in [0.25, 0.3) is 0 Å². The number of amidine groups is 1. The van der Waals surface area contributed by atoms with E-state index in [1.54, 1.807) is 0 Å². The number of nitrogen functional groups attached to an aromatic ring is 1.